The third-order valence-corrected chi connectivity index (χ3v) is 3.31. The Morgan fingerprint density at radius 1 is 1.10 bits per heavy atom. The number of ether oxygens (including phenoxy) is 1. The van der Waals surface area contributed by atoms with E-state index in [0.29, 0.717) is 25.4 Å². The molecule has 0 spiro atoms. The average molecular weight is 285 g/mol. The molecule has 21 heavy (non-hydrogen) atoms. The van der Waals surface area contributed by atoms with E-state index < -0.39 is 0 Å². The van der Waals surface area contributed by atoms with Gasteiger partial charge in [-0.1, -0.05) is 12.1 Å². The molecule has 0 bridgehead atoms. The van der Waals surface area contributed by atoms with Gasteiger partial charge in [0.1, 0.15) is 24.0 Å². The fourth-order valence-corrected chi connectivity index (χ4v) is 2.32. The molecule has 0 saturated carbocycles. The molecule has 0 aliphatic rings. The molecule has 0 atom stereocenters. The van der Waals surface area contributed by atoms with Gasteiger partial charge in [-0.2, -0.15) is 0 Å². The van der Waals surface area contributed by atoms with Crippen LogP contribution in [-0.4, -0.2) is 16.2 Å². The number of imidazole rings is 1. The zero-order valence-electron chi connectivity index (χ0n) is 11.5. The van der Waals surface area contributed by atoms with Crippen molar-refractivity contribution in [3.63, 3.8) is 0 Å². The second-order valence-corrected chi connectivity index (χ2v) is 4.67. The Kier molecular flexibility index (Phi) is 3.83. The SMILES string of the molecule is NCc1nc2ccccc2n1CCOc1ccc(F)cc1. The molecule has 5 heteroatoms. The normalized spacial score (nSPS) is 11.0. The van der Waals surface area contributed by atoms with Crippen LogP contribution in [0, 0.1) is 5.82 Å². The largest absolute Gasteiger partial charge is 0.492 e. The third kappa shape index (κ3) is 2.87. The van der Waals surface area contributed by atoms with Gasteiger partial charge in [0.2, 0.25) is 0 Å². The molecule has 0 saturated heterocycles. The van der Waals surface area contributed by atoms with Crippen LogP contribution < -0.4 is 10.5 Å². The highest BCUT2D eigenvalue weighted by molar-refractivity contribution is 5.75. The predicted molar refractivity (Wildman–Crippen MR) is 79.5 cm³/mol. The Labute approximate surface area is 122 Å². The number of halogens is 1. The fraction of sp³-hybridized carbons (Fsp3) is 0.188. The minimum Gasteiger partial charge on any atom is -0.492 e. The number of benzene rings is 2. The maximum atomic E-state index is 12.8. The summed E-state index contributed by atoms with van der Waals surface area (Å²) in [7, 11) is 0. The number of fused-ring (bicyclic) bond motifs is 1. The van der Waals surface area contributed by atoms with Crippen molar-refractivity contribution in [1.82, 2.24) is 9.55 Å². The maximum Gasteiger partial charge on any atom is 0.123 e. The highest BCUT2D eigenvalue weighted by Gasteiger charge is 2.08. The summed E-state index contributed by atoms with van der Waals surface area (Å²) in [5.41, 5.74) is 7.72. The summed E-state index contributed by atoms with van der Waals surface area (Å²) in [6.45, 7) is 1.49. The molecule has 0 fully saturated rings. The summed E-state index contributed by atoms with van der Waals surface area (Å²) >= 11 is 0. The van der Waals surface area contributed by atoms with E-state index in [1.54, 1.807) is 12.1 Å². The van der Waals surface area contributed by atoms with Crippen molar-refractivity contribution < 1.29 is 9.13 Å². The van der Waals surface area contributed by atoms with Gasteiger partial charge in [0.15, 0.2) is 0 Å². The summed E-state index contributed by atoms with van der Waals surface area (Å²) in [5.74, 6) is 1.21. The van der Waals surface area contributed by atoms with E-state index in [4.69, 9.17) is 10.5 Å². The first-order valence-electron chi connectivity index (χ1n) is 6.80. The molecule has 108 valence electrons. The van der Waals surface area contributed by atoms with E-state index in [-0.39, 0.29) is 5.82 Å². The molecular weight excluding hydrogens is 269 g/mol. The molecule has 0 radical (unpaired) electrons. The lowest BCUT2D eigenvalue weighted by Crippen LogP contribution is -2.13. The van der Waals surface area contributed by atoms with Gasteiger partial charge in [-0.3, -0.25) is 0 Å². The fourth-order valence-electron chi connectivity index (χ4n) is 2.32. The van der Waals surface area contributed by atoms with Crippen molar-refractivity contribution in [2.24, 2.45) is 5.73 Å². The lowest BCUT2D eigenvalue weighted by molar-refractivity contribution is 0.298. The first-order valence-corrected chi connectivity index (χ1v) is 6.80. The molecule has 1 heterocycles. The molecule has 0 amide bonds. The van der Waals surface area contributed by atoms with E-state index in [1.807, 2.05) is 24.3 Å². The van der Waals surface area contributed by atoms with Crippen LogP contribution in [0.2, 0.25) is 0 Å². The van der Waals surface area contributed by atoms with Crippen LogP contribution in [0.4, 0.5) is 4.39 Å². The number of hydrogen-bond donors (Lipinski definition) is 1. The smallest absolute Gasteiger partial charge is 0.123 e. The number of aromatic nitrogens is 2. The highest BCUT2D eigenvalue weighted by Crippen LogP contribution is 2.16. The molecule has 0 aliphatic heterocycles. The van der Waals surface area contributed by atoms with Crippen LogP contribution in [-0.2, 0) is 13.1 Å². The first-order chi connectivity index (χ1) is 10.3. The second kappa shape index (κ2) is 5.93. The minimum absolute atomic E-state index is 0.270. The van der Waals surface area contributed by atoms with Crippen LogP contribution in [0.25, 0.3) is 11.0 Å². The first kappa shape index (κ1) is 13.6. The molecule has 0 unspecified atom stereocenters. The van der Waals surface area contributed by atoms with Crippen LogP contribution in [0.15, 0.2) is 48.5 Å². The van der Waals surface area contributed by atoms with Crippen LogP contribution >= 0.6 is 0 Å². The molecule has 3 aromatic rings. The third-order valence-electron chi connectivity index (χ3n) is 3.31. The Hall–Kier alpha value is -2.40. The van der Waals surface area contributed by atoms with E-state index >= 15 is 0 Å². The zero-order chi connectivity index (χ0) is 14.7. The summed E-state index contributed by atoms with van der Waals surface area (Å²) in [6.07, 6.45) is 0. The van der Waals surface area contributed by atoms with Gasteiger partial charge >= 0.3 is 0 Å². The topological polar surface area (TPSA) is 53.1 Å². The van der Waals surface area contributed by atoms with Gasteiger partial charge in [-0.25, -0.2) is 9.37 Å². The highest BCUT2D eigenvalue weighted by atomic mass is 19.1. The monoisotopic (exact) mass is 285 g/mol. The van der Waals surface area contributed by atoms with Crippen molar-refractivity contribution in [3.05, 3.63) is 60.2 Å². The summed E-state index contributed by atoms with van der Waals surface area (Å²) in [4.78, 5) is 4.50. The second-order valence-electron chi connectivity index (χ2n) is 4.67. The van der Waals surface area contributed by atoms with E-state index in [0.717, 1.165) is 16.9 Å². The Morgan fingerprint density at radius 3 is 2.62 bits per heavy atom. The molecule has 2 N–H and O–H groups in total. The molecule has 0 aliphatic carbocycles. The van der Waals surface area contributed by atoms with Crippen molar-refractivity contribution in [1.29, 1.82) is 0 Å². The lowest BCUT2D eigenvalue weighted by Gasteiger charge is -2.10. The average Bonchev–Trinajstić information content (AvgIpc) is 2.87. The van der Waals surface area contributed by atoms with Crippen LogP contribution in [0.5, 0.6) is 5.75 Å². The lowest BCUT2D eigenvalue weighted by atomic mass is 10.3. The van der Waals surface area contributed by atoms with Gasteiger partial charge in [-0.15, -0.1) is 0 Å². The van der Waals surface area contributed by atoms with E-state index in [2.05, 4.69) is 9.55 Å². The van der Waals surface area contributed by atoms with Crippen molar-refractivity contribution in [2.75, 3.05) is 6.61 Å². The van der Waals surface area contributed by atoms with E-state index in [1.165, 1.54) is 12.1 Å². The minimum atomic E-state index is -0.270. The Bertz CT molecular complexity index is 737. The van der Waals surface area contributed by atoms with Gasteiger partial charge in [0.25, 0.3) is 0 Å². The van der Waals surface area contributed by atoms with Gasteiger partial charge in [-0.05, 0) is 36.4 Å². The summed E-state index contributed by atoms with van der Waals surface area (Å²) < 4.78 is 20.5. The Morgan fingerprint density at radius 2 is 1.86 bits per heavy atom. The van der Waals surface area contributed by atoms with Crippen molar-refractivity contribution in [3.8, 4) is 5.75 Å². The molecular formula is C16H16FN3O. The van der Waals surface area contributed by atoms with Crippen LogP contribution in [0.1, 0.15) is 5.82 Å². The number of nitrogens with two attached hydrogens (primary N) is 1. The predicted octanol–water partition coefficient (Wildman–Crippen LogP) is 2.71. The number of rotatable bonds is 5. The van der Waals surface area contributed by atoms with Gasteiger partial charge in [0.05, 0.1) is 24.1 Å². The van der Waals surface area contributed by atoms with Crippen molar-refractivity contribution >= 4 is 11.0 Å². The van der Waals surface area contributed by atoms with Gasteiger partial charge < -0.3 is 15.0 Å². The maximum absolute atomic E-state index is 12.8. The summed E-state index contributed by atoms with van der Waals surface area (Å²) in [5, 5.41) is 0. The van der Waals surface area contributed by atoms with E-state index in [9.17, 15) is 4.39 Å². The molecule has 2 aromatic carbocycles. The summed E-state index contributed by atoms with van der Waals surface area (Å²) in [6, 6.07) is 13.9. The van der Waals surface area contributed by atoms with Gasteiger partial charge in [0, 0.05) is 0 Å². The zero-order valence-corrected chi connectivity index (χ0v) is 11.5. The molecule has 4 nitrogen and oxygen atoms in total. The number of hydrogen-bond acceptors (Lipinski definition) is 3. The number of para-hydroxylation sites is 2. The van der Waals surface area contributed by atoms with Crippen LogP contribution in [0.3, 0.4) is 0 Å². The quantitative estimate of drug-likeness (QED) is 0.784. The Balaban J connectivity index is 1.74. The van der Waals surface area contributed by atoms with Crippen molar-refractivity contribution in [2.45, 2.75) is 13.1 Å². The molecule has 1 aromatic heterocycles. The molecule has 3 rings (SSSR count). The number of nitrogens with zero attached hydrogens (tertiary/aromatic N) is 2. The standard InChI is InChI=1S/C16H16FN3O/c17-12-5-7-13(8-6-12)21-10-9-20-15-4-2-1-3-14(15)19-16(20)11-18/h1-8H,9-11,18H2.